The van der Waals surface area contributed by atoms with Gasteiger partial charge in [0.1, 0.15) is 6.04 Å². The number of nitrogens with one attached hydrogen (secondary N) is 2. The summed E-state index contributed by atoms with van der Waals surface area (Å²) in [5, 5.41) is 5.81. The van der Waals surface area contributed by atoms with Crippen LogP contribution in [0.5, 0.6) is 0 Å². The van der Waals surface area contributed by atoms with Crippen LogP contribution in [0.1, 0.15) is 64.7 Å². The van der Waals surface area contributed by atoms with Crippen LogP contribution < -0.4 is 10.6 Å². The smallest absolute Gasteiger partial charge is 0.318 e. The minimum absolute atomic E-state index is 0.0454. The summed E-state index contributed by atoms with van der Waals surface area (Å²) < 4.78 is 0. The monoisotopic (exact) mass is 309 g/mol. The van der Waals surface area contributed by atoms with Crippen molar-refractivity contribution >= 4 is 11.9 Å². The Bertz CT molecular complexity index is 378. The first-order valence-corrected chi connectivity index (χ1v) is 8.94. The van der Waals surface area contributed by atoms with Crippen molar-refractivity contribution in [3.8, 4) is 0 Å². The van der Waals surface area contributed by atoms with Gasteiger partial charge < -0.3 is 15.5 Å². The van der Waals surface area contributed by atoms with Crippen LogP contribution in [0, 0.1) is 5.92 Å². The van der Waals surface area contributed by atoms with E-state index in [9.17, 15) is 9.59 Å². The summed E-state index contributed by atoms with van der Waals surface area (Å²) in [5.74, 6) is 0.800. The van der Waals surface area contributed by atoms with Crippen LogP contribution in [0.4, 0.5) is 4.79 Å². The molecule has 2 N–H and O–H groups in total. The molecule has 0 aromatic rings. The quantitative estimate of drug-likeness (QED) is 0.820. The summed E-state index contributed by atoms with van der Waals surface area (Å²) in [6.07, 6.45) is 10.2. The van der Waals surface area contributed by atoms with Crippen LogP contribution >= 0.6 is 0 Å². The molecular weight excluding hydrogens is 278 g/mol. The lowest BCUT2D eigenvalue weighted by molar-refractivity contribution is -0.124. The molecule has 1 atom stereocenters. The van der Waals surface area contributed by atoms with Gasteiger partial charge in [-0.25, -0.2) is 4.79 Å². The van der Waals surface area contributed by atoms with Gasteiger partial charge in [0.2, 0.25) is 5.91 Å². The summed E-state index contributed by atoms with van der Waals surface area (Å²) in [7, 11) is 1.63. The molecule has 22 heavy (non-hydrogen) atoms. The second-order valence-corrected chi connectivity index (χ2v) is 6.78. The average molecular weight is 309 g/mol. The summed E-state index contributed by atoms with van der Waals surface area (Å²) in [5.41, 5.74) is 0. The Balaban J connectivity index is 1.77. The van der Waals surface area contributed by atoms with E-state index in [1.54, 1.807) is 11.9 Å². The molecule has 126 valence electrons. The Kier molecular flexibility index (Phi) is 6.52. The van der Waals surface area contributed by atoms with E-state index >= 15 is 0 Å². The first kappa shape index (κ1) is 17.1. The fourth-order valence-corrected chi connectivity index (χ4v) is 3.79. The third-order valence-corrected chi connectivity index (χ3v) is 5.20. The van der Waals surface area contributed by atoms with E-state index in [1.807, 2.05) is 0 Å². The fraction of sp³-hybridized carbons (Fsp3) is 0.882. The highest BCUT2D eigenvalue weighted by molar-refractivity contribution is 5.87. The number of nitrogens with zero attached hydrogens (tertiary/aromatic N) is 1. The van der Waals surface area contributed by atoms with Gasteiger partial charge in [-0.2, -0.15) is 0 Å². The van der Waals surface area contributed by atoms with Crippen molar-refractivity contribution in [2.24, 2.45) is 5.92 Å². The maximum Gasteiger partial charge on any atom is 0.318 e. The van der Waals surface area contributed by atoms with Crippen molar-refractivity contribution in [3.63, 3.8) is 0 Å². The maximum atomic E-state index is 12.4. The molecule has 2 rings (SSSR count). The molecule has 2 aliphatic rings. The van der Waals surface area contributed by atoms with Gasteiger partial charge in [0, 0.05) is 19.6 Å². The third kappa shape index (κ3) is 4.37. The number of amides is 3. The van der Waals surface area contributed by atoms with E-state index in [2.05, 4.69) is 17.6 Å². The largest absolute Gasteiger partial charge is 0.357 e. The van der Waals surface area contributed by atoms with E-state index < -0.39 is 0 Å². The van der Waals surface area contributed by atoms with Crippen LogP contribution in [0.3, 0.4) is 0 Å². The summed E-state index contributed by atoms with van der Waals surface area (Å²) in [4.78, 5) is 26.0. The number of carbonyl (C=O) groups excluding carboxylic acids is 2. The Morgan fingerprint density at radius 3 is 2.50 bits per heavy atom. The molecule has 1 aliphatic heterocycles. The molecule has 2 fully saturated rings. The molecule has 0 unspecified atom stereocenters. The molecular formula is C17H31N3O2. The second-order valence-electron chi connectivity index (χ2n) is 6.78. The Hall–Kier alpha value is -1.26. The molecule has 0 aromatic heterocycles. The van der Waals surface area contributed by atoms with E-state index in [0.29, 0.717) is 6.54 Å². The van der Waals surface area contributed by atoms with Gasteiger partial charge >= 0.3 is 6.03 Å². The Morgan fingerprint density at radius 1 is 1.14 bits per heavy atom. The van der Waals surface area contributed by atoms with Gasteiger partial charge in [0.05, 0.1) is 0 Å². The zero-order valence-electron chi connectivity index (χ0n) is 14.1. The first-order valence-electron chi connectivity index (χ1n) is 8.94. The number of hydrogen-bond donors (Lipinski definition) is 2. The summed E-state index contributed by atoms with van der Waals surface area (Å²) in [6.45, 7) is 2.93. The van der Waals surface area contributed by atoms with E-state index in [0.717, 1.165) is 31.6 Å². The molecule has 3 amide bonds. The molecule has 0 bridgehead atoms. The highest BCUT2D eigenvalue weighted by Gasteiger charge is 2.34. The fourth-order valence-electron chi connectivity index (χ4n) is 3.79. The first-order chi connectivity index (χ1) is 10.7. The number of unbranched alkanes of at least 4 members (excludes halogenated alkanes) is 1. The predicted octanol–water partition coefficient (Wildman–Crippen LogP) is 2.66. The van der Waals surface area contributed by atoms with Crippen LogP contribution in [-0.4, -0.2) is 42.5 Å². The number of urea groups is 1. The van der Waals surface area contributed by atoms with Crippen molar-refractivity contribution in [1.29, 1.82) is 0 Å². The van der Waals surface area contributed by atoms with Crippen LogP contribution in [0.15, 0.2) is 0 Å². The SMILES string of the molecule is CCCCC1CCC(NC(=O)N2CCC[C@@H]2C(=O)NC)CC1. The number of likely N-dealkylation sites (N-methyl/N-ethyl adjacent to an activating group) is 1. The molecule has 0 radical (unpaired) electrons. The van der Waals surface area contributed by atoms with Crippen molar-refractivity contribution in [3.05, 3.63) is 0 Å². The Morgan fingerprint density at radius 2 is 1.86 bits per heavy atom. The second kappa shape index (κ2) is 8.39. The molecule has 5 nitrogen and oxygen atoms in total. The summed E-state index contributed by atoms with van der Waals surface area (Å²) >= 11 is 0. The lowest BCUT2D eigenvalue weighted by atomic mass is 9.83. The molecule has 1 saturated heterocycles. The van der Waals surface area contributed by atoms with Crippen LogP contribution in [0.25, 0.3) is 0 Å². The van der Waals surface area contributed by atoms with Crippen LogP contribution in [-0.2, 0) is 4.79 Å². The van der Waals surface area contributed by atoms with Gasteiger partial charge in [-0.1, -0.05) is 26.2 Å². The Labute approximate surface area is 134 Å². The number of rotatable bonds is 5. The van der Waals surface area contributed by atoms with E-state index in [-0.39, 0.29) is 24.0 Å². The molecule has 0 aromatic carbocycles. The van der Waals surface area contributed by atoms with Gasteiger partial charge in [-0.15, -0.1) is 0 Å². The highest BCUT2D eigenvalue weighted by Crippen LogP contribution is 2.28. The lowest BCUT2D eigenvalue weighted by Gasteiger charge is -2.31. The molecule has 1 saturated carbocycles. The molecule has 1 heterocycles. The zero-order chi connectivity index (χ0) is 15.9. The third-order valence-electron chi connectivity index (χ3n) is 5.20. The van der Waals surface area contributed by atoms with Crippen LogP contribution in [0.2, 0.25) is 0 Å². The van der Waals surface area contributed by atoms with Crippen molar-refractivity contribution < 1.29 is 9.59 Å². The number of likely N-dealkylation sites (tertiary alicyclic amines) is 1. The van der Waals surface area contributed by atoms with Crippen molar-refractivity contribution in [1.82, 2.24) is 15.5 Å². The van der Waals surface area contributed by atoms with Gasteiger partial charge in [-0.3, -0.25) is 4.79 Å². The highest BCUT2D eigenvalue weighted by atomic mass is 16.2. The minimum Gasteiger partial charge on any atom is -0.357 e. The predicted molar refractivity (Wildman–Crippen MR) is 87.6 cm³/mol. The minimum atomic E-state index is -0.286. The number of carbonyl (C=O) groups is 2. The normalized spacial score (nSPS) is 28.5. The van der Waals surface area contributed by atoms with Gasteiger partial charge in [0.15, 0.2) is 0 Å². The summed E-state index contributed by atoms with van der Waals surface area (Å²) in [6, 6.07) is -0.0506. The van der Waals surface area contributed by atoms with E-state index in [1.165, 1.54) is 32.1 Å². The molecule has 5 heteroatoms. The molecule has 1 aliphatic carbocycles. The average Bonchev–Trinajstić information content (AvgIpc) is 3.03. The maximum absolute atomic E-state index is 12.4. The van der Waals surface area contributed by atoms with Gasteiger partial charge in [0.25, 0.3) is 0 Å². The molecule has 0 spiro atoms. The topological polar surface area (TPSA) is 61.4 Å². The van der Waals surface area contributed by atoms with Crippen molar-refractivity contribution in [2.45, 2.75) is 76.8 Å². The van der Waals surface area contributed by atoms with E-state index in [4.69, 9.17) is 0 Å². The number of hydrogen-bond acceptors (Lipinski definition) is 2. The lowest BCUT2D eigenvalue weighted by Crippen LogP contribution is -2.51. The van der Waals surface area contributed by atoms with Gasteiger partial charge in [-0.05, 0) is 44.4 Å². The van der Waals surface area contributed by atoms with Crippen molar-refractivity contribution in [2.75, 3.05) is 13.6 Å². The zero-order valence-corrected chi connectivity index (χ0v) is 14.1. The standard InChI is InChI=1S/C17H31N3O2/c1-3-4-6-13-8-10-14(11-9-13)19-17(22)20-12-5-7-15(20)16(21)18-2/h13-15H,3-12H2,1-2H3,(H,18,21)(H,19,22)/t13?,14?,15-/m1/s1.